The maximum Gasteiger partial charge on any atom is 0.314 e. The van der Waals surface area contributed by atoms with Crippen molar-refractivity contribution < 1.29 is 19.7 Å². The summed E-state index contributed by atoms with van der Waals surface area (Å²) in [6, 6.07) is 0. The minimum atomic E-state index is -1.75. The van der Waals surface area contributed by atoms with Crippen molar-refractivity contribution >= 4 is 5.97 Å². The quantitative estimate of drug-likeness (QED) is 0.422. The number of rotatable bonds is 1. The third-order valence-electron chi connectivity index (χ3n) is 2.93. The van der Waals surface area contributed by atoms with E-state index in [9.17, 15) is 9.70 Å². The molecule has 1 aliphatic rings. The van der Waals surface area contributed by atoms with Crippen molar-refractivity contribution in [3.05, 3.63) is 20.2 Å². The summed E-state index contributed by atoms with van der Waals surface area (Å²) in [5, 5.41) is 23.7. The maximum atomic E-state index is 11.7. The second-order valence-electron chi connectivity index (χ2n) is 5.08. The van der Waals surface area contributed by atoms with Crippen LogP contribution in [0.25, 0.3) is 0 Å². The first-order valence-electron chi connectivity index (χ1n) is 4.94. The number of nitroso groups, excluding NO2 is 1. The normalized spacial score (nSPS) is 24.7. The second kappa shape index (κ2) is 4.64. The highest BCUT2D eigenvalue weighted by Crippen LogP contribution is 2.41. The van der Waals surface area contributed by atoms with Crippen LogP contribution in [0, 0.1) is 26.1 Å². The largest absolute Gasteiger partial charge is 0.481 e. The van der Waals surface area contributed by atoms with Crippen LogP contribution in [-0.2, 0) is 4.79 Å². The van der Waals surface area contributed by atoms with Crippen LogP contribution >= 0.6 is 0 Å². The molecule has 0 bridgehead atoms. The molecule has 1 atom stereocenters. The minimum absolute atomic E-state index is 0.416. The lowest BCUT2D eigenvalue weighted by atomic mass is 9.87. The smallest absolute Gasteiger partial charge is 0.314 e. The molecule has 1 heterocycles. The summed E-state index contributed by atoms with van der Waals surface area (Å²) in [7, 11) is 0. The van der Waals surface area contributed by atoms with Gasteiger partial charge in [0, 0.05) is 43.8 Å². The second-order valence-corrected chi connectivity index (χ2v) is 5.08. The molecule has 98 valence electrons. The SMILES string of the molecule is CC1(C)CC(C(=O)O)C(C)(C)[N+]1=O.O=[N+]([O-])[O-]. The van der Waals surface area contributed by atoms with Gasteiger partial charge in [-0.2, -0.15) is 0 Å². The van der Waals surface area contributed by atoms with Crippen molar-refractivity contribution in [2.45, 2.75) is 45.2 Å². The zero-order valence-corrected chi connectivity index (χ0v) is 10.2. The Balaban J connectivity index is 0.000000557. The number of hydrogen-bond acceptors (Lipinski definition) is 5. The summed E-state index contributed by atoms with van der Waals surface area (Å²) in [6.45, 7) is 6.94. The van der Waals surface area contributed by atoms with E-state index in [1.54, 1.807) is 27.7 Å². The average Bonchev–Trinajstić information content (AvgIpc) is 2.25. The highest BCUT2D eigenvalue weighted by Gasteiger charge is 2.63. The number of aliphatic carboxylic acids is 1. The van der Waals surface area contributed by atoms with Crippen LogP contribution in [0.2, 0.25) is 0 Å². The van der Waals surface area contributed by atoms with E-state index in [4.69, 9.17) is 20.4 Å². The molecule has 0 saturated carbocycles. The molecule has 1 N–H and O–H groups in total. The number of carbonyl (C=O) groups is 1. The van der Waals surface area contributed by atoms with Crippen molar-refractivity contribution in [3.63, 3.8) is 0 Å². The molecule has 0 aromatic carbocycles. The van der Waals surface area contributed by atoms with Crippen LogP contribution in [0.4, 0.5) is 0 Å². The fourth-order valence-electron chi connectivity index (χ4n) is 2.14. The first kappa shape index (κ1) is 15.3. The van der Waals surface area contributed by atoms with Crippen molar-refractivity contribution in [3.8, 4) is 0 Å². The van der Waals surface area contributed by atoms with E-state index in [1.165, 1.54) is 0 Å². The van der Waals surface area contributed by atoms with Gasteiger partial charge in [-0.25, -0.2) is 0 Å². The summed E-state index contributed by atoms with van der Waals surface area (Å²) in [5.41, 5.74) is -1.36. The molecule has 0 spiro atoms. The molecule has 0 aliphatic carbocycles. The molecule has 0 radical (unpaired) electrons. The first-order chi connectivity index (χ1) is 7.43. The molecule has 1 rings (SSSR count). The van der Waals surface area contributed by atoms with Gasteiger partial charge in [0.15, 0.2) is 0 Å². The molecule has 0 amide bonds. The van der Waals surface area contributed by atoms with E-state index >= 15 is 0 Å². The van der Waals surface area contributed by atoms with Crippen molar-refractivity contribution in [2.75, 3.05) is 0 Å². The first-order valence-corrected chi connectivity index (χ1v) is 4.94. The fourth-order valence-corrected chi connectivity index (χ4v) is 2.14. The molecule has 17 heavy (non-hydrogen) atoms. The van der Waals surface area contributed by atoms with Crippen LogP contribution in [0.15, 0.2) is 0 Å². The van der Waals surface area contributed by atoms with E-state index in [-0.39, 0.29) is 0 Å². The van der Waals surface area contributed by atoms with E-state index in [0.717, 1.165) is 4.76 Å². The van der Waals surface area contributed by atoms with Crippen molar-refractivity contribution in [2.24, 2.45) is 5.92 Å². The number of carboxylic acid groups (broad SMARTS) is 1. The zero-order chi connectivity index (χ0) is 14.0. The lowest BCUT2D eigenvalue weighted by Gasteiger charge is -2.14. The van der Waals surface area contributed by atoms with Crippen LogP contribution in [-0.4, -0.2) is 32.0 Å². The molecule has 1 unspecified atom stereocenters. The number of carboxylic acids is 1. The Morgan fingerprint density at radius 1 is 1.35 bits per heavy atom. The molecular formula is C9H16N2O6. The summed E-state index contributed by atoms with van der Waals surface area (Å²) < 4.78 is 0.915. The third kappa shape index (κ3) is 3.36. The van der Waals surface area contributed by atoms with Gasteiger partial charge in [-0.3, -0.25) is 4.79 Å². The Bertz CT molecular complexity index is 345. The van der Waals surface area contributed by atoms with Gasteiger partial charge in [0.1, 0.15) is 5.92 Å². The fraction of sp³-hybridized carbons (Fsp3) is 0.889. The predicted octanol–water partition coefficient (Wildman–Crippen LogP) is 1.19. The number of hydrogen-bond donors (Lipinski definition) is 1. The van der Waals surface area contributed by atoms with Gasteiger partial charge in [0.05, 0.1) is 5.09 Å². The van der Waals surface area contributed by atoms with Gasteiger partial charge < -0.3 is 20.4 Å². The standard InChI is InChI=1S/C9H15NO3.NO3/c1-8(2)5-6(7(11)12)9(3,4)10(8)13;2-1(3)4/h6H,5H2,1-4H3;/q;-1/p+1. The van der Waals surface area contributed by atoms with Gasteiger partial charge in [-0.15, -0.1) is 0 Å². The molecular weight excluding hydrogens is 232 g/mol. The molecule has 0 aromatic rings. The molecule has 1 aliphatic heterocycles. The number of nitrogens with zero attached hydrogens (tertiary/aromatic N) is 2. The Labute approximate surface area is 97.9 Å². The van der Waals surface area contributed by atoms with Gasteiger partial charge in [0.2, 0.25) is 11.1 Å². The third-order valence-corrected chi connectivity index (χ3v) is 2.93. The maximum absolute atomic E-state index is 11.7. The predicted molar refractivity (Wildman–Crippen MR) is 57.9 cm³/mol. The van der Waals surface area contributed by atoms with Crippen LogP contribution in [0.3, 0.4) is 0 Å². The summed E-state index contributed by atoms with van der Waals surface area (Å²) >= 11 is 0. The van der Waals surface area contributed by atoms with Crippen molar-refractivity contribution in [1.29, 1.82) is 0 Å². The monoisotopic (exact) mass is 248 g/mol. The van der Waals surface area contributed by atoms with E-state index < -0.39 is 28.1 Å². The molecule has 8 nitrogen and oxygen atoms in total. The van der Waals surface area contributed by atoms with Crippen LogP contribution in [0.5, 0.6) is 0 Å². The lowest BCUT2D eigenvalue weighted by molar-refractivity contribution is -0.660. The molecule has 0 aromatic heterocycles. The van der Waals surface area contributed by atoms with Gasteiger partial charge in [0.25, 0.3) is 0 Å². The van der Waals surface area contributed by atoms with E-state index in [0.29, 0.717) is 6.42 Å². The molecule has 1 fully saturated rings. The van der Waals surface area contributed by atoms with Gasteiger partial charge in [-0.05, 0) is 0 Å². The van der Waals surface area contributed by atoms with Gasteiger partial charge in [-0.1, -0.05) is 0 Å². The lowest BCUT2D eigenvalue weighted by Crippen LogP contribution is -2.42. The van der Waals surface area contributed by atoms with E-state index in [2.05, 4.69) is 0 Å². The van der Waals surface area contributed by atoms with E-state index in [1.807, 2.05) is 0 Å². The summed E-state index contributed by atoms with van der Waals surface area (Å²) in [4.78, 5) is 30.9. The highest BCUT2D eigenvalue weighted by molar-refractivity contribution is 5.71. The Morgan fingerprint density at radius 2 is 1.71 bits per heavy atom. The summed E-state index contributed by atoms with van der Waals surface area (Å²) in [6.07, 6.45) is 0.416. The molecule has 1 saturated heterocycles. The van der Waals surface area contributed by atoms with Crippen LogP contribution in [0.1, 0.15) is 34.1 Å². The highest BCUT2D eigenvalue weighted by atomic mass is 16.9. The zero-order valence-electron chi connectivity index (χ0n) is 10.2. The molecule has 8 heteroatoms. The Kier molecular flexibility index (Phi) is 4.17. The van der Waals surface area contributed by atoms with Crippen LogP contribution < -0.4 is 0 Å². The Hall–Kier alpha value is -1.73. The summed E-state index contributed by atoms with van der Waals surface area (Å²) in [5.74, 6) is -1.45. The Morgan fingerprint density at radius 3 is 1.82 bits per heavy atom. The average molecular weight is 248 g/mol. The van der Waals surface area contributed by atoms with Gasteiger partial charge >= 0.3 is 5.97 Å². The van der Waals surface area contributed by atoms with Crippen molar-refractivity contribution in [1.82, 2.24) is 0 Å². The topological polar surface area (TPSA) is 124 Å². The minimum Gasteiger partial charge on any atom is -0.481 e.